The Morgan fingerprint density at radius 3 is 1.38 bits per heavy atom. The zero-order chi connectivity index (χ0) is 62.1. The number of nitrogens with one attached hydrogen (secondary N) is 6. The van der Waals surface area contributed by atoms with Crippen molar-refractivity contribution in [2.24, 2.45) is 0 Å². The molecule has 4 heterocycles. The summed E-state index contributed by atoms with van der Waals surface area (Å²) < 4.78 is 39.6. The van der Waals surface area contributed by atoms with E-state index in [4.69, 9.17) is 33.2 Å². The van der Waals surface area contributed by atoms with Crippen LogP contribution in [0.2, 0.25) is 0 Å². The molecule has 24 nitrogen and oxygen atoms in total. The van der Waals surface area contributed by atoms with E-state index in [0.717, 1.165) is 11.1 Å². The minimum atomic E-state index is -1.40. The second-order valence-electron chi connectivity index (χ2n) is 22.6. The Bertz CT molecular complexity index is 3040. The third-order valence-corrected chi connectivity index (χ3v) is 15.6. The van der Waals surface area contributed by atoms with Crippen LogP contribution in [0, 0.1) is 0 Å². The molecule has 4 aromatic rings. The van der Waals surface area contributed by atoms with Gasteiger partial charge in [0.1, 0.15) is 52.8 Å². The number of epoxide rings is 2. The standard InChI is InChI=1S/C63H80N8O16/c1-40(64-54(73)36-70-17-22-83-23-18-70)58(77)68-52(32-44-26-46(72)34-47(27-44)81-4)61(80)67-51(31-43-14-10-7-11-15-43)57(76)63(39-87-63)16-21-85-49-29-45(28-48(35-49)82-5)33-53(69-59(78)41(2)65-55(74)37-71-19-24-84-25-20-71)60(79)66-50(56(75)62(3)38-86-62)30-42-12-8-6-9-13-42/h6-15,26-29,34-35,40-41,50-53,72H,16-25,30-33,36-39H2,1-5H3,(H,64,73)(H,65,74)(H,66,79)(H,67,80)(H,68,77)(H,69,78). The molecule has 0 saturated carbocycles. The lowest BCUT2D eigenvalue weighted by Gasteiger charge is -2.27. The minimum Gasteiger partial charge on any atom is -0.508 e. The molecule has 468 valence electrons. The Morgan fingerprint density at radius 2 is 0.931 bits per heavy atom. The molecule has 0 aliphatic carbocycles. The van der Waals surface area contributed by atoms with E-state index < -0.39 is 82.8 Å². The second kappa shape index (κ2) is 30.6. The van der Waals surface area contributed by atoms with Crippen molar-refractivity contribution in [3.05, 3.63) is 119 Å². The second-order valence-corrected chi connectivity index (χ2v) is 22.6. The van der Waals surface area contributed by atoms with Gasteiger partial charge >= 0.3 is 0 Å². The van der Waals surface area contributed by atoms with Crippen molar-refractivity contribution in [1.82, 2.24) is 41.7 Å². The molecule has 4 fully saturated rings. The van der Waals surface area contributed by atoms with Gasteiger partial charge in [-0.1, -0.05) is 60.7 Å². The van der Waals surface area contributed by atoms with Crippen LogP contribution in [0.25, 0.3) is 0 Å². The summed E-state index contributed by atoms with van der Waals surface area (Å²) >= 11 is 0. The number of rotatable bonds is 32. The largest absolute Gasteiger partial charge is 0.508 e. The number of Topliss-reactive ketones (excluding diaryl/α,β-unsaturated/α-hetero) is 2. The fourth-order valence-corrected chi connectivity index (χ4v) is 10.4. The number of phenolic OH excluding ortho intramolecular Hbond substituents is 1. The van der Waals surface area contributed by atoms with E-state index in [9.17, 15) is 43.5 Å². The SMILES string of the molecule is COc1cc(O)cc(CC(NC(=O)C(C)NC(=O)CN2CCOCC2)C(=O)NC(Cc2ccccc2)C(=O)C2(CCOc3cc(CC(NC(=O)C(C)NC(=O)CN4CCOCC4)C(=O)NC(Cc4ccccc4)C(=O)C4(C)CO4)cc(OC)c3)CO2)c1. The van der Waals surface area contributed by atoms with Crippen LogP contribution < -0.4 is 46.1 Å². The molecular formula is C63H80N8O16. The summed E-state index contributed by atoms with van der Waals surface area (Å²) in [4.78, 5) is 116. The van der Waals surface area contributed by atoms with E-state index in [-0.39, 0.29) is 88.2 Å². The van der Waals surface area contributed by atoms with Gasteiger partial charge in [0.05, 0.1) is 85.6 Å². The van der Waals surface area contributed by atoms with Gasteiger partial charge in [0, 0.05) is 57.6 Å². The number of hydrogen-bond acceptors (Lipinski definition) is 18. The first-order chi connectivity index (χ1) is 41.8. The van der Waals surface area contributed by atoms with Crippen LogP contribution in [-0.2, 0) is 83.0 Å². The fraction of sp³-hybridized carbons (Fsp3) is 0.492. The molecule has 8 rings (SSSR count). The Kier molecular flexibility index (Phi) is 22.8. The Balaban J connectivity index is 0.976. The van der Waals surface area contributed by atoms with E-state index in [1.165, 1.54) is 40.2 Å². The van der Waals surface area contributed by atoms with Crippen LogP contribution in [0.1, 0.15) is 49.4 Å². The molecule has 4 aliphatic rings. The van der Waals surface area contributed by atoms with Gasteiger partial charge in [0.25, 0.3) is 0 Å². The Labute approximate surface area is 506 Å². The topological polar surface area (TPSA) is 307 Å². The van der Waals surface area contributed by atoms with Gasteiger partial charge in [-0.25, -0.2) is 0 Å². The normalized spacial score (nSPS) is 20.3. The monoisotopic (exact) mass is 1200 g/mol. The molecule has 8 unspecified atom stereocenters. The lowest BCUT2D eigenvalue weighted by molar-refractivity contribution is -0.134. The van der Waals surface area contributed by atoms with Crippen molar-refractivity contribution in [2.45, 2.75) is 100 Å². The van der Waals surface area contributed by atoms with Gasteiger partial charge < -0.3 is 70.2 Å². The average molecular weight is 1210 g/mol. The molecule has 0 bridgehead atoms. The van der Waals surface area contributed by atoms with Crippen molar-refractivity contribution in [2.75, 3.05) is 99.7 Å². The Morgan fingerprint density at radius 1 is 0.517 bits per heavy atom. The first kappa shape index (κ1) is 65.0. The molecule has 4 aliphatic heterocycles. The third kappa shape index (κ3) is 19.2. The predicted octanol–water partition coefficient (Wildman–Crippen LogP) is 0.758. The number of phenols is 1. The number of carbonyl (C=O) groups is 8. The quantitative estimate of drug-likeness (QED) is 0.0332. The molecule has 0 radical (unpaired) electrons. The summed E-state index contributed by atoms with van der Waals surface area (Å²) in [5.74, 6) is -3.50. The summed E-state index contributed by atoms with van der Waals surface area (Å²) in [6.07, 6.45) is -0.0506. The lowest BCUT2D eigenvalue weighted by Crippen LogP contribution is -2.57. The number of benzene rings is 4. The van der Waals surface area contributed by atoms with Crippen LogP contribution in [0.4, 0.5) is 0 Å². The van der Waals surface area contributed by atoms with Crippen molar-refractivity contribution >= 4 is 47.0 Å². The van der Waals surface area contributed by atoms with Crippen molar-refractivity contribution in [3.8, 4) is 23.0 Å². The first-order valence-electron chi connectivity index (χ1n) is 29.3. The maximum atomic E-state index is 14.9. The van der Waals surface area contributed by atoms with E-state index >= 15 is 0 Å². The molecule has 0 spiro atoms. The van der Waals surface area contributed by atoms with Crippen molar-refractivity contribution in [3.63, 3.8) is 0 Å². The molecule has 0 aromatic heterocycles. The molecule has 4 aromatic carbocycles. The van der Waals surface area contributed by atoms with Gasteiger partial charge in [0.2, 0.25) is 35.4 Å². The molecule has 4 saturated heterocycles. The summed E-state index contributed by atoms with van der Waals surface area (Å²) in [5, 5.41) is 27.4. The summed E-state index contributed by atoms with van der Waals surface area (Å²) in [7, 11) is 2.87. The highest BCUT2D eigenvalue weighted by atomic mass is 16.6. The lowest BCUT2D eigenvalue weighted by atomic mass is 9.91. The molecule has 7 N–H and O–H groups in total. The summed E-state index contributed by atoms with van der Waals surface area (Å²) in [6, 6.07) is 20.6. The number of morpholine rings is 2. The smallest absolute Gasteiger partial charge is 0.243 e. The minimum absolute atomic E-state index is 0.00621. The average Bonchev–Trinajstić information content (AvgIpc) is 2.03. The van der Waals surface area contributed by atoms with Gasteiger partial charge in [-0.2, -0.15) is 0 Å². The number of nitrogens with zero attached hydrogens (tertiary/aromatic N) is 2. The first-order valence-corrected chi connectivity index (χ1v) is 29.3. The predicted molar refractivity (Wildman–Crippen MR) is 316 cm³/mol. The highest BCUT2D eigenvalue weighted by Gasteiger charge is 2.54. The maximum absolute atomic E-state index is 14.9. The highest BCUT2D eigenvalue weighted by Crippen LogP contribution is 2.35. The van der Waals surface area contributed by atoms with E-state index in [1.807, 2.05) is 58.3 Å². The zero-order valence-corrected chi connectivity index (χ0v) is 49.9. The van der Waals surface area contributed by atoms with E-state index in [2.05, 4.69) is 31.9 Å². The van der Waals surface area contributed by atoms with Gasteiger partial charge in [-0.05, 0) is 80.1 Å². The molecule has 8 atom stereocenters. The molecule has 6 amide bonds. The number of ketones is 2. The van der Waals surface area contributed by atoms with Gasteiger partial charge in [-0.15, -0.1) is 0 Å². The van der Waals surface area contributed by atoms with Crippen molar-refractivity contribution < 1.29 is 76.6 Å². The summed E-state index contributed by atoms with van der Waals surface area (Å²) in [5.41, 5.74) is -0.0749. The Hall–Kier alpha value is -8.00. The van der Waals surface area contributed by atoms with Gasteiger partial charge in [-0.3, -0.25) is 48.2 Å². The maximum Gasteiger partial charge on any atom is 0.243 e. The molecular weight excluding hydrogens is 1120 g/mol. The molecule has 24 heteroatoms. The van der Waals surface area contributed by atoms with E-state index in [1.54, 1.807) is 43.3 Å². The van der Waals surface area contributed by atoms with Crippen LogP contribution in [0.5, 0.6) is 23.0 Å². The van der Waals surface area contributed by atoms with Crippen LogP contribution in [0.3, 0.4) is 0 Å². The van der Waals surface area contributed by atoms with Crippen LogP contribution in [-0.4, -0.2) is 209 Å². The fourth-order valence-electron chi connectivity index (χ4n) is 10.4. The molecule has 87 heavy (non-hydrogen) atoms. The zero-order valence-electron chi connectivity index (χ0n) is 49.9. The van der Waals surface area contributed by atoms with Crippen LogP contribution in [0.15, 0.2) is 97.1 Å². The highest BCUT2D eigenvalue weighted by molar-refractivity contribution is 6.00. The summed E-state index contributed by atoms with van der Waals surface area (Å²) in [6.45, 7) is 9.05. The number of methoxy groups -OCH3 is 2. The number of hydrogen-bond donors (Lipinski definition) is 7. The van der Waals surface area contributed by atoms with Gasteiger partial charge in [0.15, 0.2) is 17.2 Å². The number of carbonyl (C=O) groups excluding carboxylic acids is 8. The van der Waals surface area contributed by atoms with E-state index in [0.29, 0.717) is 75.2 Å². The third-order valence-electron chi connectivity index (χ3n) is 15.6. The number of ether oxygens (including phenoxy) is 7. The van der Waals surface area contributed by atoms with Crippen LogP contribution >= 0.6 is 0 Å². The van der Waals surface area contributed by atoms with Crippen molar-refractivity contribution in [1.29, 1.82) is 0 Å². The number of aromatic hydroxyl groups is 1. The number of amides is 6.